The predicted molar refractivity (Wildman–Crippen MR) is 254 cm³/mol. The van der Waals surface area contributed by atoms with E-state index in [1.807, 2.05) is 0 Å². The van der Waals surface area contributed by atoms with E-state index < -0.39 is 5.41 Å². The third-order valence-electron chi connectivity index (χ3n) is 13.6. The normalized spacial score (nSPS) is 17.1. The molecule has 3 aliphatic rings. The summed E-state index contributed by atoms with van der Waals surface area (Å²) in [5, 5.41) is 2.59. The van der Waals surface area contributed by atoms with Gasteiger partial charge >= 0.3 is 0 Å². The van der Waals surface area contributed by atoms with Crippen LogP contribution >= 0.6 is 0 Å². The van der Waals surface area contributed by atoms with Crippen LogP contribution in [0.1, 0.15) is 74.9 Å². The fraction of sp³-hybridized carbons (Fsp3) is 0.236. The van der Waals surface area contributed by atoms with Crippen molar-refractivity contribution in [3.05, 3.63) is 185 Å². The standard InChI is InChI=1S/C55H53N5/c1-53(2,3)37-25-27-46-43(32-37)42-19-16-20-44-52(42)60(46)47-28-26-40(58-34-56(7)48-21-12-14-23-50(48)58)33-45(47)55(44,36-17-10-9-11-18-36)39-29-38(54(4,5)6)30-41(31-39)59-35-57(8)49-22-13-15-24-51(49)59/h9-33H,34-35H2,1-8H3. The van der Waals surface area contributed by atoms with E-state index in [1.165, 1.54) is 95.0 Å². The van der Waals surface area contributed by atoms with E-state index in [2.05, 4.69) is 231 Å². The molecule has 7 aromatic carbocycles. The lowest BCUT2D eigenvalue weighted by Crippen LogP contribution is -2.36. The van der Waals surface area contributed by atoms with Crippen molar-refractivity contribution in [3.63, 3.8) is 0 Å². The number of aromatic nitrogens is 1. The van der Waals surface area contributed by atoms with Gasteiger partial charge in [-0.2, -0.15) is 0 Å². The van der Waals surface area contributed by atoms with E-state index in [4.69, 9.17) is 0 Å². The number of rotatable bonds is 4. The van der Waals surface area contributed by atoms with E-state index in [-0.39, 0.29) is 10.8 Å². The highest BCUT2D eigenvalue weighted by molar-refractivity contribution is 6.12. The maximum absolute atomic E-state index is 2.58. The molecule has 0 radical (unpaired) electrons. The van der Waals surface area contributed by atoms with Crippen LogP contribution in [0.2, 0.25) is 0 Å². The fourth-order valence-electron chi connectivity index (χ4n) is 10.5. The molecule has 4 heterocycles. The summed E-state index contributed by atoms with van der Waals surface area (Å²) in [4.78, 5) is 9.71. The Hall–Kier alpha value is -6.46. The van der Waals surface area contributed by atoms with Gasteiger partial charge in [0.2, 0.25) is 0 Å². The molecule has 0 N–H and O–H groups in total. The Labute approximate surface area is 354 Å². The Kier molecular flexibility index (Phi) is 7.79. The molecular formula is C55H53N5. The molecule has 5 nitrogen and oxygen atoms in total. The number of para-hydroxylation sites is 5. The van der Waals surface area contributed by atoms with E-state index >= 15 is 0 Å². The first kappa shape index (κ1) is 36.6. The predicted octanol–water partition coefficient (Wildman–Crippen LogP) is 13.2. The maximum Gasteiger partial charge on any atom is 0.0950 e. The zero-order chi connectivity index (χ0) is 41.3. The second kappa shape index (κ2) is 12.8. The lowest BCUT2D eigenvalue weighted by atomic mass is 9.62. The topological polar surface area (TPSA) is 17.9 Å². The van der Waals surface area contributed by atoms with Crippen LogP contribution in [-0.2, 0) is 16.2 Å². The molecular weight excluding hydrogens is 731 g/mol. The van der Waals surface area contributed by atoms with E-state index in [9.17, 15) is 0 Å². The van der Waals surface area contributed by atoms with Crippen molar-refractivity contribution in [1.82, 2.24) is 4.57 Å². The fourth-order valence-corrected chi connectivity index (χ4v) is 10.5. The van der Waals surface area contributed by atoms with Gasteiger partial charge in [0.1, 0.15) is 0 Å². The van der Waals surface area contributed by atoms with Gasteiger partial charge in [-0.1, -0.05) is 126 Å². The monoisotopic (exact) mass is 783 g/mol. The number of anilines is 6. The van der Waals surface area contributed by atoms with Gasteiger partial charge in [0, 0.05) is 36.2 Å². The summed E-state index contributed by atoms with van der Waals surface area (Å²) >= 11 is 0. The molecule has 8 aromatic rings. The molecule has 60 heavy (non-hydrogen) atoms. The van der Waals surface area contributed by atoms with Crippen LogP contribution in [0.25, 0.3) is 27.5 Å². The molecule has 0 spiro atoms. The Morgan fingerprint density at radius 1 is 0.433 bits per heavy atom. The zero-order valence-electron chi connectivity index (χ0n) is 36.1. The molecule has 0 aliphatic carbocycles. The van der Waals surface area contributed by atoms with Gasteiger partial charge in [-0.15, -0.1) is 0 Å². The molecule has 3 aliphatic heterocycles. The first-order chi connectivity index (χ1) is 28.8. The number of benzene rings is 7. The van der Waals surface area contributed by atoms with Crippen LogP contribution in [0.4, 0.5) is 34.1 Å². The van der Waals surface area contributed by atoms with Crippen LogP contribution < -0.4 is 19.6 Å². The highest BCUT2D eigenvalue weighted by Gasteiger charge is 2.47. The first-order valence-electron chi connectivity index (χ1n) is 21.4. The van der Waals surface area contributed by atoms with E-state index in [0.717, 1.165) is 13.3 Å². The van der Waals surface area contributed by atoms with Gasteiger partial charge in [0.05, 0.1) is 58.2 Å². The van der Waals surface area contributed by atoms with Gasteiger partial charge in [-0.3, -0.25) is 0 Å². The highest BCUT2D eigenvalue weighted by Crippen LogP contribution is 2.57. The van der Waals surface area contributed by atoms with Crippen LogP contribution in [0.3, 0.4) is 0 Å². The third-order valence-corrected chi connectivity index (χ3v) is 13.6. The maximum atomic E-state index is 2.58. The summed E-state index contributed by atoms with van der Waals surface area (Å²) in [7, 11) is 4.40. The third kappa shape index (κ3) is 5.17. The Morgan fingerprint density at radius 3 is 1.70 bits per heavy atom. The van der Waals surface area contributed by atoms with Crippen molar-refractivity contribution < 1.29 is 0 Å². The molecule has 1 aromatic heterocycles. The summed E-state index contributed by atoms with van der Waals surface area (Å²) in [6.45, 7) is 15.6. The molecule has 0 saturated carbocycles. The molecule has 11 rings (SSSR count). The van der Waals surface area contributed by atoms with Crippen molar-refractivity contribution in [2.45, 2.75) is 57.8 Å². The lowest BCUT2D eigenvalue weighted by molar-refractivity contribution is 0.587. The average molecular weight is 784 g/mol. The molecule has 0 saturated heterocycles. The number of fused-ring (bicyclic) bond motifs is 7. The summed E-state index contributed by atoms with van der Waals surface area (Å²) in [5.41, 5.74) is 18.2. The van der Waals surface area contributed by atoms with Crippen molar-refractivity contribution in [3.8, 4) is 5.69 Å². The smallest absolute Gasteiger partial charge is 0.0950 e. The van der Waals surface area contributed by atoms with Crippen LogP contribution in [0, 0.1) is 0 Å². The largest absolute Gasteiger partial charge is 0.355 e. The Morgan fingerprint density at radius 2 is 1.05 bits per heavy atom. The van der Waals surface area contributed by atoms with Gasteiger partial charge in [-0.25, -0.2) is 0 Å². The van der Waals surface area contributed by atoms with E-state index in [0.29, 0.717) is 0 Å². The number of hydrogen-bond acceptors (Lipinski definition) is 4. The van der Waals surface area contributed by atoms with Crippen LogP contribution in [0.5, 0.6) is 0 Å². The highest BCUT2D eigenvalue weighted by atomic mass is 15.4. The minimum atomic E-state index is -0.671. The van der Waals surface area contributed by atoms with Crippen molar-refractivity contribution in [1.29, 1.82) is 0 Å². The number of nitrogens with zero attached hydrogens (tertiary/aromatic N) is 5. The molecule has 0 amide bonds. The first-order valence-corrected chi connectivity index (χ1v) is 21.4. The molecule has 5 heteroatoms. The van der Waals surface area contributed by atoms with Gasteiger partial charge < -0.3 is 24.2 Å². The minimum Gasteiger partial charge on any atom is -0.355 e. The zero-order valence-corrected chi connectivity index (χ0v) is 36.1. The van der Waals surface area contributed by atoms with E-state index in [1.54, 1.807) is 0 Å². The van der Waals surface area contributed by atoms with Gasteiger partial charge in [-0.05, 0) is 111 Å². The lowest BCUT2D eigenvalue weighted by Gasteiger charge is -2.43. The second-order valence-corrected chi connectivity index (χ2v) is 19.4. The molecule has 0 bridgehead atoms. The summed E-state index contributed by atoms with van der Waals surface area (Å²) < 4.78 is 2.58. The summed E-state index contributed by atoms with van der Waals surface area (Å²) in [6.07, 6.45) is 0. The number of hydrogen-bond donors (Lipinski definition) is 0. The molecule has 0 fully saturated rings. The molecule has 1 atom stereocenters. The van der Waals surface area contributed by atoms with Crippen molar-refractivity contribution >= 4 is 55.9 Å². The molecule has 1 unspecified atom stereocenters. The van der Waals surface area contributed by atoms with Crippen LogP contribution in [-0.4, -0.2) is 32.0 Å². The summed E-state index contributed by atoms with van der Waals surface area (Å²) in [6, 6.07) is 58.0. The Bertz CT molecular complexity index is 3020. The van der Waals surface area contributed by atoms with Crippen molar-refractivity contribution in [2.24, 2.45) is 0 Å². The quantitative estimate of drug-likeness (QED) is 0.177. The van der Waals surface area contributed by atoms with Crippen LogP contribution in [0.15, 0.2) is 152 Å². The minimum absolute atomic E-state index is 0.0201. The second-order valence-electron chi connectivity index (χ2n) is 19.4. The average Bonchev–Trinajstić information content (AvgIpc) is 3.90. The van der Waals surface area contributed by atoms with Crippen molar-refractivity contribution in [2.75, 3.05) is 47.0 Å². The van der Waals surface area contributed by atoms with Gasteiger partial charge in [0.25, 0.3) is 0 Å². The van der Waals surface area contributed by atoms with Gasteiger partial charge in [0.15, 0.2) is 0 Å². The SMILES string of the molecule is CN1CN(c2cc(C(C)(C)C)cc(C3(c4ccccc4)c4cc(N5CN(C)c6ccccc65)ccc4-n4c5ccc(C(C)(C)C)cc5c5cccc3c54)c2)c2ccccc21. The Balaban J connectivity index is 1.29. The summed E-state index contributed by atoms with van der Waals surface area (Å²) in [5.74, 6) is 0. The molecule has 298 valence electrons.